The first kappa shape index (κ1) is 22.6. The first-order valence-corrected chi connectivity index (χ1v) is 11.4. The van der Waals surface area contributed by atoms with Crippen LogP contribution >= 0.6 is 0 Å². The van der Waals surface area contributed by atoms with Gasteiger partial charge in [0.1, 0.15) is 0 Å². The van der Waals surface area contributed by atoms with E-state index >= 15 is 0 Å². The zero-order valence-corrected chi connectivity index (χ0v) is 19.4. The van der Waals surface area contributed by atoms with E-state index in [1.807, 2.05) is 56.0 Å². The molecule has 2 amide bonds. The minimum atomic E-state index is -0.201. The number of carbonyl (C=O) groups is 2. The monoisotopic (exact) mass is 446 g/mol. The third-order valence-electron chi connectivity index (χ3n) is 6.28. The third kappa shape index (κ3) is 5.10. The molecule has 33 heavy (non-hydrogen) atoms. The van der Waals surface area contributed by atoms with Gasteiger partial charge in [0.05, 0.1) is 23.0 Å². The van der Waals surface area contributed by atoms with Crippen molar-refractivity contribution in [2.45, 2.75) is 59.0 Å². The van der Waals surface area contributed by atoms with Crippen LogP contribution in [0.25, 0.3) is 0 Å². The highest BCUT2D eigenvalue weighted by Crippen LogP contribution is 2.31. The van der Waals surface area contributed by atoms with Crippen molar-refractivity contribution in [3.63, 3.8) is 0 Å². The smallest absolute Gasteiger partial charge is 0.254 e. The Morgan fingerprint density at radius 2 is 1.94 bits per heavy atom. The molecule has 1 saturated heterocycles. The van der Waals surface area contributed by atoms with Crippen LogP contribution in [-0.2, 0) is 17.8 Å². The van der Waals surface area contributed by atoms with Gasteiger partial charge in [0.15, 0.2) is 5.82 Å². The van der Waals surface area contributed by atoms with Gasteiger partial charge in [0.2, 0.25) is 5.91 Å². The first-order chi connectivity index (χ1) is 15.9. The standard InChI is InChI=1S/C25H30N6O2/c1-16-21(25(33)27-14-19-8-5-4-6-9-19)15-26-24(28-16)22-10-7-13-31(22)23(32)12-11-20-17(2)29-30-18(20)3/h4-6,8-9,15,22H,7,10-14H2,1-3H3,(H,27,33)(H,29,30)/t22-/m0/s1. The number of likely N-dealkylation sites (tertiary alicyclic amines) is 1. The van der Waals surface area contributed by atoms with Crippen molar-refractivity contribution in [2.24, 2.45) is 0 Å². The van der Waals surface area contributed by atoms with E-state index in [2.05, 4.69) is 25.5 Å². The SMILES string of the molecule is Cc1nc([C@@H]2CCCN2C(=O)CCc2c(C)n[nH]c2C)ncc1C(=O)NCc1ccccc1. The summed E-state index contributed by atoms with van der Waals surface area (Å²) in [5.41, 5.74) is 5.17. The largest absolute Gasteiger partial charge is 0.348 e. The Hall–Kier alpha value is -3.55. The highest BCUT2D eigenvalue weighted by atomic mass is 16.2. The zero-order chi connectivity index (χ0) is 23.4. The number of carbonyl (C=O) groups excluding carboxylic acids is 2. The predicted octanol–water partition coefficient (Wildman–Crippen LogP) is 3.35. The summed E-state index contributed by atoms with van der Waals surface area (Å²) in [4.78, 5) is 36.6. The lowest BCUT2D eigenvalue weighted by Crippen LogP contribution is -2.32. The van der Waals surface area contributed by atoms with Crippen LogP contribution in [0.5, 0.6) is 0 Å². The van der Waals surface area contributed by atoms with Crippen molar-refractivity contribution in [3.8, 4) is 0 Å². The van der Waals surface area contributed by atoms with Crippen molar-refractivity contribution < 1.29 is 9.59 Å². The average Bonchev–Trinajstić information content (AvgIpc) is 3.43. The maximum atomic E-state index is 13.0. The van der Waals surface area contributed by atoms with E-state index in [-0.39, 0.29) is 17.9 Å². The van der Waals surface area contributed by atoms with Gasteiger partial charge in [-0.25, -0.2) is 9.97 Å². The fourth-order valence-electron chi connectivity index (χ4n) is 4.39. The molecule has 4 rings (SSSR count). The number of nitrogens with one attached hydrogen (secondary N) is 2. The Morgan fingerprint density at radius 1 is 1.15 bits per heavy atom. The van der Waals surface area contributed by atoms with Crippen molar-refractivity contribution in [1.29, 1.82) is 0 Å². The van der Waals surface area contributed by atoms with E-state index in [0.29, 0.717) is 43.0 Å². The molecule has 1 fully saturated rings. The van der Waals surface area contributed by atoms with E-state index in [1.165, 1.54) is 0 Å². The Kier molecular flexibility index (Phi) is 6.82. The predicted molar refractivity (Wildman–Crippen MR) is 124 cm³/mol. The van der Waals surface area contributed by atoms with E-state index in [4.69, 9.17) is 0 Å². The Balaban J connectivity index is 1.40. The molecule has 3 heterocycles. The minimum Gasteiger partial charge on any atom is -0.348 e. The molecule has 0 saturated carbocycles. The second kappa shape index (κ2) is 9.94. The molecule has 8 nitrogen and oxygen atoms in total. The van der Waals surface area contributed by atoms with Gasteiger partial charge in [0.25, 0.3) is 5.91 Å². The quantitative estimate of drug-likeness (QED) is 0.579. The second-order valence-electron chi connectivity index (χ2n) is 8.55. The van der Waals surface area contributed by atoms with Crippen molar-refractivity contribution in [1.82, 2.24) is 30.4 Å². The second-order valence-corrected chi connectivity index (χ2v) is 8.55. The number of nitrogens with zero attached hydrogens (tertiary/aromatic N) is 4. The molecule has 1 aliphatic heterocycles. The fraction of sp³-hybridized carbons (Fsp3) is 0.400. The van der Waals surface area contributed by atoms with Crippen molar-refractivity contribution in [3.05, 3.63) is 76.1 Å². The minimum absolute atomic E-state index is 0.100. The van der Waals surface area contributed by atoms with Crippen molar-refractivity contribution in [2.75, 3.05) is 6.54 Å². The van der Waals surface area contributed by atoms with E-state index in [0.717, 1.165) is 35.4 Å². The van der Waals surface area contributed by atoms with Gasteiger partial charge in [-0.2, -0.15) is 5.10 Å². The normalized spacial score (nSPS) is 15.6. The molecule has 3 aromatic rings. The molecule has 0 spiro atoms. The van der Waals surface area contributed by atoms with Gasteiger partial charge in [-0.15, -0.1) is 0 Å². The maximum absolute atomic E-state index is 13.0. The van der Waals surface area contributed by atoms with E-state index < -0.39 is 0 Å². The first-order valence-electron chi connectivity index (χ1n) is 11.4. The Morgan fingerprint density at radius 3 is 2.64 bits per heavy atom. The number of aromatic nitrogens is 4. The molecular formula is C25H30N6O2. The van der Waals surface area contributed by atoms with Crippen LogP contribution in [0, 0.1) is 20.8 Å². The number of benzene rings is 1. The topological polar surface area (TPSA) is 104 Å². The molecular weight excluding hydrogens is 416 g/mol. The van der Waals surface area contributed by atoms with Crippen LogP contribution in [0.1, 0.15) is 69.7 Å². The highest BCUT2D eigenvalue weighted by molar-refractivity contribution is 5.94. The van der Waals surface area contributed by atoms with Crippen molar-refractivity contribution >= 4 is 11.8 Å². The summed E-state index contributed by atoms with van der Waals surface area (Å²) in [5, 5.41) is 10.1. The van der Waals surface area contributed by atoms with Gasteiger partial charge in [-0.3, -0.25) is 14.7 Å². The van der Waals surface area contributed by atoms with Crippen LogP contribution < -0.4 is 5.32 Å². The van der Waals surface area contributed by atoms with E-state index in [9.17, 15) is 9.59 Å². The number of amides is 2. The highest BCUT2D eigenvalue weighted by Gasteiger charge is 2.32. The van der Waals surface area contributed by atoms with Crippen LogP contribution in [0.4, 0.5) is 0 Å². The van der Waals surface area contributed by atoms with Crippen LogP contribution in [0.2, 0.25) is 0 Å². The summed E-state index contributed by atoms with van der Waals surface area (Å²) in [5.74, 6) is 0.505. The summed E-state index contributed by atoms with van der Waals surface area (Å²) in [6.45, 7) is 6.90. The lowest BCUT2D eigenvalue weighted by atomic mass is 10.1. The van der Waals surface area contributed by atoms with Gasteiger partial charge in [-0.1, -0.05) is 30.3 Å². The fourth-order valence-corrected chi connectivity index (χ4v) is 4.39. The number of aryl methyl sites for hydroxylation is 3. The molecule has 2 N–H and O–H groups in total. The average molecular weight is 447 g/mol. The molecule has 0 aliphatic carbocycles. The molecule has 0 unspecified atom stereocenters. The molecule has 1 atom stereocenters. The van der Waals surface area contributed by atoms with Crippen LogP contribution in [0.3, 0.4) is 0 Å². The molecule has 0 radical (unpaired) electrons. The molecule has 1 aliphatic rings. The zero-order valence-electron chi connectivity index (χ0n) is 19.4. The molecule has 172 valence electrons. The number of hydrogen-bond donors (Lipinski definition) is 2. The molecule has 0 bridgehead atoms. The molecule has 1 aromatic carbocycles. The third-order valence-corrected chi connectivity index (χ3v) is 6.28. The summed E-state index contributed by atoms with van der Waals surface area (Å²) in [6.07, 6.45) is 4.42. The number of H-pyrrole nitrogens is 1. The number of hydrogen-bond acceptors (Lipinski definition) is 5. The van der Waals surface area contributed by atoms with Gasteiger partial charge < -0.3 is 10.2 Å². The summed E-state index contributed by atoms with van der Waals surface area (Å²) >= 11 is 0. The summed E-state index contributed by atoms with van der Waals surface area (Å²) in [7, 11) is 0. The van der Waals surface area contributed by atoms with Gasteiger partial charge in [-0.05, 0) is 51.2 Å². The Labute approximate surface area is 193 Å². The summed E-state index contributed by atoms with van der Waals surface area (Å²) in [6, 6.07) is 9.61. The lowest BCUT2D eigenvalue weighted by Gasteiger charge is -2.24. The van der Waals surface area contributed by atoms with Gasteiger partial charge in [0, 0.05) is 31.4 Å². The molecule has 2 aromatic heterocycles. The maximum Gasteiger partial charge on any atom is 0.254 e. The summed E-state index contributed by atoms with van der Waals surface area (Å²) < 4.78 is 0. The number of aromatic amines is 1. The number of rotatable bonds is 7. The molecule has 8 heteroatoms. The van der Waals surface area contributed by atoms with Gasteiger partial charge >= 0.3 is 0 Å². The Bertz CT molecular complexity index is 1120. The van der Waals surface area contributed by atoms with E-state index in [1.54, 1.807) is 6.20 Å². The van der Waals surface area contributed by atoms with Crippen LogP contribution in [0.15, 0.2) is 36.5 Å². The lowest BCUT2D eigenvalue weighted by molar-refractivity contribution is -0.132. The van der Waals surface area contributed by atoms with Crippen LogP contribution in [-0.4, -0.2) is 43.4 Å².